The number of aromatic nitrogens is 2. The van der Waals surface area contributed by atoms with E-state index in [1.54, 1.807) is 13.3 Å². The van der Waals surface area contributed by atoms with E-state index in [-0.39, 0.29) is 12.3 Å². The Bertz CT molecular complexity index is 1460. The summed E-state index contributed by atoms with van der Waals surface area (Å²) in [5.74, 6) is 1.20. The number of fused-ring (bicyclic) bond motifs is 2. The Morgan fingerprint density at radius 2 is 2.00 bits per heavy atom. The minimum absolute atomic E-state index is 0.179. The largest absolute Gasteiger partial charge is 0.496 e. The molecule has 0 atom stereocenters. The third-order valence-corrected chi connectivity index (χ3v) is 6.24. The highest BCUT2D eigenvalue weighted by molar-refractivity contribution is 7.98. The van der Waals surface area contributed by atoms with Crippen LogP contribution in [0.5, 0.6) is 5.75 Å². The van der Waals surface area contributed by atoms with E-state index < -0.39 is 0 Å². The topological polar surface area (TPSA) is 92.5 Å². The van der Waals surface area contributed by atoms with Gasteiger partial charge in [0.15, 0.2) is 5.58 Å². The number of aromatic amines is 1. The summed E-state index contributed by atoms with van der Waals surface area (Å²) in [5.41, 5.74) is 7.98. The molecule has 7 nitrogen and oxygen atoms in total. The Morgan fingerprint density at radius 1 is 1.15 bits per heavy atom. The molecular weight excluding hydrogens is 448 g/mol. The maximum absolute atomic E-state index is 12.4. The Kier molecular flexibility index (Phi) is 6.31. The lowest BCUT2D eigenvalue weighted by atomic mass is 10.1. The number of nitrogens with zero attached hydrogens (tertiary/aromatic N) is 2. The van der Waals surface area contributed by atoms with Crippen LogP contribution in [0.4, 0.5) is 0 Å². The molecule has 1 amide bonds. The van der Waals surface area contributed by atoms with Gasteiger partial charge < -0.3 is 14.1 Å². The molecule has 2 aromatic heterocycles. The fraction of sp³-hybridized carbons (Fsp3) is 0.115. The van der Waals surface area contributed by atoms with Crippen LogP contribution in [-0.4, -0.2) is 29.2 Å². The second-order valence-electron chi connectivity index (χ2n) is 7.64. The first kappa shape index (κ1) is 21.8. The van der Waals surface area contributed by atoms with Crippen molar-refractivity contribution in [1.29, 1.82) is 0 Å². The van der Waals surface area contributed by atoms with Crippen LogP contribution < -0.4 is 10.2 Å². The van der Waals surface area contributed by atoms with Crippen molar-refractivity contribution in [3.8, 4) is 5.75 Å². The number of H-pyrrole nitrogens is 1. The average Bonchev–Trinajstić information content (AvgIpc) is 3.47. The third-order valence-electron chi connectivity index (χ3n) is 5.36. The maximum atomic E-state index is 12.4. The molecule has 0 aliphatic carbocycles. The number of methoxy groups -OCH3 is 1. The first-order valence-electron chi connectivity index (χ1n) is 10.7. The zero-order chi connectivity index (χ0) is 23.3. The normalized spacial score (nSPS) is 11.4. The molecule has 5 rings (SSSR count). The van der Waals surface area contributed by atoms with Crippen LogP contribution in [-0.2, 0) is 17.0 Å². The monoisotopic (exact) mass is 470 g/mol. The summed E-state index contributed by atoms with van der Waals surface area (Å²) in [6, 6.07) is 21.3. The van der Waals surface area contributed by atoms with Gasteiger partial charge >= 0.3 is 0 Å². The van der Waals surface area contributed by atoms with Gasteiger partial charge in [-0.05, 0) is 47.5 Å². The molecule has 0 aliphatic heterocycles. The molecule has 8 heteroatoms. The predicted molar refractivity (Wildman–Crippen MR) is 134 cm³/mol. The molecular formula is C26H22N4O3S. The zero-order valence-corrected chi connectivity index (χ0v) is 19.3. The van der Waals surface area contributed by atoms with Crippen molar-refractivity contribution in [2.75, 3.05) is 7.11 Å². The van der Waals surface area contributed by atoms with Crippen LogP contribution in [0, 0.1) is 0 Å². The number of hydrogen-bond acceptors (Lipinski definition) is 6. The van der Waals surface area contributed by atoms with Gasteiger partial charge in [0.25, 0.3) is 5.22 Å². The van der Waals surface area contributed by atoms with Gasteiger partial charge in [0.1, 0.15) is 11.3 Å². The van der Waals surface area contributed by atoms with Gasteiger partial charge in [-0.3, -0.25) is 4.79 Å². The molecule has 5 aromatic rings. The number of para-hydroxylation sites is 3. The number of hydrazone groups is 1. The minimum Gasteiger partial charge on any atom is -0.496 e. The van der Waals surface area contributed by atoms with Crippen molar-refractivity contribution < 1.29 is 13.9 Å². The Balaban J connectivity index is 1.22. The fourth-order valence-electron chi connectivity index (χ4n) is 3.71. The van der Waals surface area contributed by atoms with E-state index in [1.807, 2.05) is 72.9 Å². The summed E-state index contributed by atoms with van der Waals surface area (Å²) < 4.78 is 11.3. The zero-order valence-electron chi connectivity index (χ0n) is 18.4. The summed E-state index contributed by atoms with van der Waals surface area (Å²) in [6.45, 7) is 0. The molecule has 0 radical (unpaired) electrons. The molecule has 0 aliphatic rings. The van der Waals surface area contributed by atoms with Crippen LogP contribution >= 0.6 is 11.8 Å². The van der Waals surface area contributed by atoms with E-state index in [9.17, 15) is 4.79 Å². The minimum atomic E-state index is -0.179. The van der Waals surface area contributed by atoms with E-state index in [4.69, 9.17) is 9.15 Å². The number of thioether (sulfide) groups is 1. The van der Waals surface area contributed by atoms with E-state index in [2.05, 4.69) is 20.5 Å². The number of benzene rings is 3. The quantitative estimate of drug-likeness (QED) is 0.182. The van der Waals surface area contributed by atoms with Gasteiger partial charge in [-0.2, -0.15) is 5.10 Å². The molecule has 2 N–H and O–H groups in total. The van der Waals surface area contributed by atoms with E-state index in [0.29, 0.717) is 11.0 Å². The lowest BCUT2D eigenvalue weighted by Gasteiger charge is -2.08. The third kappa shape index (κ3) is 4.82. The second kappa shape index (κ2) is 9.84. The standard InChI is InChI=1S/C26H22N4O3S/c1-32-23-11-10-17(12-19(23)16-34-26-29-22-8-4-5-9-24(22)33-26)14-28-30-25(31)13-18-15-27-21-7-3-2-6-20(18)21/h2-12,14-15,27H,13,16H2,1H3,(H,30,31). The number of hydrogen-bond donors (Lipinski definition) is 2. The first-order valence-corrected chi connectivity index (χ1v) is 11.7. The van der Waals surface area contributed by atoms with Crippen LogP contribution in [0.1, 0.15) is 16.7 Å². The Labute approximate surface area is 200 Å². The number of rotatable bonds is 8. The Hall–Kier alpha value is -4.04. The smallest absolute Gasteiger partial charge is 0.257 e. The number of amides is 1. The van der Waals surface area contributed by atoms with Crippen molar-refractivity contribution in [1.82, 2.24) is 15.4 Å². The summed E-state index contributed by atoms with van der Waals surface area (Å²) in [6.07, 6.45) is 3.73. The fourth-order valence-corrected chi connectivity index (χ4v) is 4.53. The van der Waals surface area contributed by atoms with Gasteiger partial charge in [0.2, 0.25) is 5.91 Å². The van der Waals surface area contributed by atoms with Gasteiger partial charge in [0.05, 0.1) is 19.7 Å². The van der Waals surface area contributed by atoms with E-state index in [1.165, 1.54) is 11.8 Å². The van der Waals surface area contributed by atoms with Crippen LogP contribution in [0.25, 0.3) is 22.0 Å². The van der Waals surface area contributed by atoms with Gasteiger partial charge in [-0.1, -0.05) is 42.1 Å². The summed E-state index contributed by atoms with van der Waals surface area (Å²) in [7, 11) is 1.64. The molecule has 2 heterocycles. The van der Waals surface area contributed by atoms with E-state index >= 15 is 0 Å². The van der Waals surface area contributed by atoms with Crippen LogP contribution in [0.2, 0.25) is 0 Å². The molecule has 0 bridgehead atoms. The molecule has 0 saturated heterocycles. The number of nitrogens with one attached hydrogen (secondary N) is 2. The number of carbonyl (C=O) groups is 1. The first-order chi connectivity index (χ1) is 16.7. The average molecular weight is 471 g/mol. The van der Waals surface area contributed by atoms with Crippen molar-refractivity contribution in [2.24, 2.45) is 5.10 Å². The van der Waals surface area contributed by atoms with Crippen molar-refractivity contribution in [3.63, 3.8) is 0 Å². The number of carbonyl (C=O) groups excluding carboxylic acids is 1. The van der Waals surface area contributed by atoms with Crippen LogP contribution in [0.15, 0.2) is 87.7 Å². The summed E-state index contributed by atoms with van der Waals surface area (Å²) >= 11 is 1.49. The highest BCUT2D eigenvalue weighted by Gasteiger charge is 2.10. The highest BCUT2D eigenvalue weighted by Crippen LogP contribution is 2.30. The van der Waals surface area contributed by atoms with Gasteiger partial charge in [-0.15, -0.1) is 0 Å². The summed E-state index contributed by atoms with van der Waals surface area (Å²) in [5, 5.41) is 5.78. The van der Waals surface area contributed by atoms with Crippen molar-refractivity contribution >= 4 is 45.9 Å². The molecule has 0 unspecified atom stereocenters. The lowest BCUT2D eigenvalue weighted by molar-refractivity contribution is -0.120. The SMILES string of the molecule is COc1ccc(C=NNC(=O)Cc2c[nH]c3ccccc23)cc1CSc1nc2ccccc2o1. The lowest BCUT2D eigenvalue weighted by Crippen LogP contribution is -2.19. The van der Waals surface area contributed by atoms with Gasteiger partial charge in [0, 0.05) is 28.4 Å². The maximum Gasteiger partial charge on any atom is 0.257 e. The molecule has 0 saturated carbocycles. The summed E-state index contributed by atoms with van der Waals surface area (Å²) in [4.78, 5) is 20.0. The predicted octanol–water partition coefficient (Wildman–Crippen LogP) is 5.30. The highest BCUT2D eigenvalue weighted by atomic mass is 32.2. The number of ether oxygens (including phenoxy) is 1. The molecule has 0 spiro atoms. The molecule has 0 fully saturated rings. The van der Waals surface area contributed by atoms with Crippen LogP contribution in [0.3, 0.4) is 0 Å². The molecule has 3 aromatic carbocycles. The van der Waals surface area contributed by atoms with Crippen molar-refractivity contribution in [2.45, 2.75) is 17.4 Å². The van der Waals surface area contributed by atoms with Crippen molar-refractivity contribution in [3.05, 3.63) is 89.6 Å². The van der Waals surface area contributed by atoms with E-state index in [0.717, 1.165) is 44.4 Å². The Morgan fingerprint density at radius 3 is 2.88 bits per heavy atom. The molecule has 170 valence electrons. The van der Waals surface area contributed by atoms with Gasteiger partial charge in [-0.25, -0.2) is 10.4 Å². The second-order valence-corrected chi connectivity index (χ2v) is 8.56. The number of oxazole rings is 1. The molecule has 34 heavy (non-hydrogen) atoms.